The van der Waals surface area contributed by atoms with E-state index in [9.17, 15) is 9.18 Å². The molecule has 22 heavy (non-hydrogen) atoms. The number of carbonyl (C=O) groups excluding carboxylic acids is 1. The van der Waals surface area contributed by atoms with E-state index in [1.54, 1.807) is 29.9 Å². The Labute approximate surface area is 129 Å². The number of amides is 1. The summed E-state index contributed by atoms with van der Waals surface area (Å²) in [5.41, 5.74) is 2.04. The van der Waals surface area contributed by atoms with Crippen LogP contribution in [0.4, 0.5) is 4.39 Å². The molecule has 1 aromatic carbocycles. The Hall–Kier alpha value is -2.17. The zero-order chi connectivity index (χ0) is 15.5. The monoisotopic (exact) mass is 301 g/mol. The van der Waals surface area contributed by atoms with Gasteiger partial charge in [0.05, 0.1) is 5.69 Å². The molecule has 5 heteroatoms. The van der Waals surface area contributed by atoms with Crippen LogP contribution in [0.5, 0.6) is 0 Å². The number of nitrogens with zero attached hydrogens (tertiary/aromatic N) is 2. The Bertz CT molecular complexity index is 657. The second-order valence-electron chi connectivity index (χ2n) is 5.91. The summed E-state index contributed by atoms with van der Waals surface area (Å²) in [5, 5.41) is 7.23. The smallest absolute Gasteiger partial charge is 0.271 e. The molecule has 0 spiro atoms. The first-order chi connectivity index (χ1) is 10.6. The number of nitrogens with one attached hydrogen (secondary N) is 1. The van der Waals surface area contributed by atoms with Crippen LogP contribution in [0.25, 0.3) is 11.3 Å². The van der Waals surface area contributed by atoms with Crippen LogP contribution >= 0.6 is 0 Å². The molecule has 1 N–H and O–H groups in total. The van der Waals surface area contributed by atoms with E-state index in [4.69, 9.17) is 0 Å². The van der Waals surface area contributed by atoms with E-state index in [1.165, 1.54) is 37.8 Å². The molecule has 1 fully saturated rings. The molecule has 0 saturated heterocycles. The van der Waals surface area contributed by atoms with Crippen molar-refractivity contribution >= 4 is 5.91 Å². The maximum Gasteiger partial charge on any atom is 0.271 e. The van der Waals surface area contributed by atoms with Gasteiger partial charge < -0.3 is 5.32 Å². The van der Waals surface area contributed by atoms with Gasteiger partial charge >= 0.3 is 0 Å². The predicted molar refractivity (Wildman–Crippen MR) is 82.9 cm³/mol. The minimum Gasteiger partial charge on any atom is -0.350 e. The van der Waals surface area contributed by atoms with Crippen molar-refractivity contribution in [3.8, 4) is 11.3 Å². The van der Waals surface area contributed by atoms with Gasteiger partial charge in [-0.1, -0.05) is 12.8 Å². The molecule has 0 radical (unpaired) electrons. The molecule has 1 saturated carbocycles. The van der Waals surface area contributed by atoms with E-state index >= 15 is 0 Å². The standard InChI is InChI=1S/C17H20FN3O/c1-21-16(13-6-8-14(18)9-7-13)10-15(20-21)17(22)19-11-12-4-2-3-5-12/h6-10,12H,2-5,11H2,1H3,(H,19,22). The molecular weight excluding hydrogens is 281 g/mol. The third kappa shape index (κ3) is 3.18. The van der Waals surface area contributed by atoms with Gasteiger partial charge in [-0.25, -0.2) is 4.39 Å². The SMILES string of the molecule is Cn1nc(C(=O)NCC2CCCC2)cc1-c1ccc(F)cc1. The lowest BCUT2D eigenvalue weighted by atomic mass is 10.1. The number of aryl methyl sites for hydroxylation is 1. The second-order valence-corrected chi connectivity index (χ2v) is 5.91. The van der Waals surface area contributed by atoms with E-state index in [0.29, 0.717) is 11.6 Å². The molecule has 2 aromatic rings. The normalized spacial score (nSPS) is 15.2. The van der Waals surface area contributed by atoms with Gasteiger partial charge in [-0.05, 0) is 54.7 Å². The van der Waals surface area contributed by atoms with Gasteiger partial charge in [0.2, 0.25) is 0 Å². The van der Waals surface area contributed by atoms with Gasteiger partial charge in [-0.2, -0.15) is 5.10 Å². The van der Waals surface area contributed by atoms with Crippen LogP contribution in [-0.2, 0) is 7.05 Å². The Morgan fingerprint density at radius 1 is 1.32 bits per heavy atom. The lowest BCUT2D eigenvalue weighted by Gasteiger charge is -2.08. The van der Waals surface area contributed by atoms with Crippen LogP contribution in [-0.4, -0.2) is 22.2 Å². The molecule has 4 nitrogen and oxygen atoms in total. The van der Waals surface area contributed by atoms with Crippen molar-refractivity contribution in [2.24, 2.45) is 13.0 Å². The maximum absolute atomic E-state index is 13.0. The van der Waals surface area contributed by atoms with Gasteiger partial charge in [-0.3, -0.25) is 9.48 Å². The van der Waals surface area contributed by atoms with Gasteiger partial charge in [-0.15, -0.1) is 0 Å². The highest BCUT2D eigenvalue weighted by Crippen LogP contribution is 2.24. The van der Waals surface area contributed by atoms with Crippen molar-refractivity contribution in [1.82, 2.24) is 15.1 Å². The number of benzene rings is 1. The first kappa shape index (κ1) is 14.8. The minimum atomic E-state index is -0.277. The molecular formula is C17H20FN3O. The van der Waals surface area contributed by atoms with E-state index in [0.717, 1.165) is 17.8 Å². The third-order valence-corrected chi connectivity index (χ3v) is 4.28. The van der Waals surface area contributed by atoms with Crippen LogP contribution < -0.4 is 5.32 Å². The third-order valence-electron chi connectivity index (χ3n) is 4.28. The maximum atomic E-state index is 13.0. The van der Waals surface area contributed by atoms with Crippen LogP contribution in [0.1, 0.15) is 36.2 Å². The topological polar surface area (TPSA) is 46.9 Å². The fourth-order valence-electron chi connectivity index (χ4n) is 3.01. The van der Waals surface area contributed by atoms with Crippen molar-refractivity contribution in [3.05, 3.63) is 41.8 Å². The number of halogens is 1. The number of hydrogen-bond donors (Lipinski definition) is 1. The van der Waals surface area contributed by atoms with Gasteiger partial charge in [0.1, 0.15) is 5.82 Å². The fourth-order valence-corrected chi connectivity index (χ4v) is 3.01. The van der Waals surface area contributed by atoms with Crippen molar-refractivity contribution in [3.63, 3.8) is 0 Å². The Morgan fingerprint density at radius 2 is 2.00 bits per heavy atom. The summed E-state index contributed by atoms with van der Waals surface area (Å²) < 4.78 is 14.6. The molecule has 3 rings (SSSR count). The van der Waals surface area contributed by atoms with Gasteiger partial charge in [0.15, 0.2) is 5.69 Å². The Balaban J connectivity index is 1.70. The quantitative estimate of drug-likeness (QED) is 0.943. The first-order valence-electron chi connectivity index (χ1n) is 7.71. The van der Waals surface area contributed by atoms with Crippen molar-refractivity contribution in [2.75, 3.05) is 6.54 Å². The molecule has 0 bridgehead atoms. The summed E-state index contributed by atoms with van der Waals surface area (Å²) >= 11 is 0. The first-order valence-corrected chi connectivity index (χ1v) is 7.71. The average molecular weight is 301 g/mol. The largest absolute Gasteiger partial charge is 0.350 e. The van der Waals surface area contributed by atoms with Crippen molar-refractivity contribution < 1.29 is 9.18 Å². The Morgan fingerprint density at radius 3 is 2.68 bits per heavy atom. The molecule has 1 heterocycles. The zero-order valence-electron chi connectivity index (χ0n) is 12.7. The van der Waals surface area contributed by atoms with E-state index in [1.807, 2.05) is 0 Å². The molecule has 1 aliphatic rings. The zero-order valence-corrected chi connectivity index (χ0v) is 12.7. The van der Waals surface area contributed by atoms with Crippen LogP contribution in [0.15, 0.2) is 30.3 Å². The van der Waals surface area contributed by atoms with Crippen LogP contribution in [0.2, 0.25) is 0 Å². The fraction of sp³-hybridized carbons (Fsp3) is 0.412. The van der Waals surface area contributed by atoms with E-state index in [-0.39, 0.29) is 11.7 Å². The minimum absolute atomic E-state index is 0.143. The van der Waals surface area contributed by atoms with Crippen molar-refractivity contribution in [2.45, 2.75) is 25.7 Å². The summed E-state index contributed by atoms with van der Waals surface area (Å²) in [4.78, 5) is 12.2. The molecule has 0 aliphatic heterocycles. The summed E-state index contributed by atoms with van der Waals surface area (Å²) in [6.45, 7) is 0.724. The molecule has 1 amide bonds. The molecule has 116 valence electrons. The highest BCUT2D eigenvalue weighted by Gasteiger charge is 2.18. The lowest BCUT2D eigenvalue weighted by Crippen LogP contribution is -2.28. The summed E-state index contributed by atoms with van der Waals surface area (Å²) in [5.74, 6) is 0.181. The van der Waals surface area contributed by atoms with E-state index in [2.05, 4.69) is 10.4 Å². The van der Waals surface area contributed by atoms with Crippen LogP contribution in [0.3, 0.4) is 0 Å². The highest BCUT2D eigenvalue weighted by atomic mass is 19.1. The lowest BCUT2D eigenvalue weighted by molar-refractivity contribution is 0.0941. The summed E-state index contributed by atoms with van der Waals surface area (Å²) in [6, 6.07) is 7.93. The van der Waals surface area contributed by atoms with Crippen LogP contribution in [0, 0.1) is 11.7 Å². The molecule has 1 aliphatic carbocycles. The summed E-state index contributed by atoms with van der Waals surface area (Å²) in [7, 11) is 1.78. The van der Waals surface area contributed by atoms with E-state index < -0.39 is 0 Å². The highest BCUT2D eigenvalue weighted by molar-refractivity contribution is 5.93. The van der Waals surface area contributed by atoms with Crippen molar-refractivity contribution in [1.29, 1.82) is 0 Å². The van der Waals surface area contributed by atoms with Gasteiger partial charge in [0, 0.05) is 13.6 Å². The molecule has 0 unspecified atom stereocenters. The number of carbonyl (C=O) groups is 1. The van der Waals surface area contributed by atoms with Gasteiger partial charge in [0.25, 0.3) is 5.91 Å². The Kier molecular flexibility index (Phi) is 4.22. The predicted octanol–water partition coefficient (Wildman–Crippen LogP) is 3.15. The molecule has 1 aromatic heterocycles. The molecule has 0 atom stereocenters. The average Bonchev–Trinajstić information content (AvgIpc) is 3.15. The number of hydrogen-bond acceptors (Lipinski definition) is 2. The number of rotatable bonds is 4. The summed E-state index contributed by atoms with van der Waals surface area (Å²) in [6.07, 6.45) is 4.92. The second kappa shape index (κ2) is 6.30. The number of aromatic nitrogens is 2.